The zero-order chi connectivity index (χ0) is 16.1. The molecule has 9 heteroatoms. The van der Waals surface area contributed by atoms with Gasteiger partial charge in [-0.25, -0.2) is 9.18 Å². The van der Waals surface area contributed by atoms with E-state index in [0.29, 0.717) is 28.7 Å². The fourth-order valence-corrected chi connectivity index (χ4v) is 2.20. The first-order valence-corrected chi connectivity index (χ1v) is 8.07. The van der Waals surface area contributed by atoms with Crippen molar-refractivity contribution in [1.29, 1.82) is 0 Å². The molecule has 2 aromatic rings. The van der Waals surface area contributed by atoms with Gasteiger partial charge in [0.05, 0.1) is 23.0 Å². The second-order valence-corrected chi connectivity index (χ2v) is 5.70. The molecular formula is C13H14ClFN4O2S. The average molecular weight is 345 g/mol. The SMILES string of the molecule is CSCc1noc(CNC(=O)Nc2cc(C)c(F)cc2Cl)n1. The molecule has 0 radical (unpaired) electrons. The van der Waals surface area contributed by atoms with Crippen molar-refractivity contribution in [2.45, 2.75) is 19.2 Å². The maximum atomic E-state index is 13.3. The Morgan fingerprint density at radius 1 is 1.50 bits per heavy atom. The van der Waals surface area contributed by atoms with Crippen molar-refractivity contribution in [3.05, 3.63) is 40.3 Å². The number of carbonyl (C=O) groups excluding carboxylic acids is 1. The maximum absolute atomic E-state index is 13.3. The lowest BCUT2D eigenvalue weighted by molar-refractivity contribution is 0.249. The quantitative estimate of drug-likeness (QED) is 0.869. The summed E-state index contributed by atoms with van der Waals surface area (Å²) in [6.07, 6.45) is 1.93. The van der Waals surface area contributed by atoms with Crippen molar-refractivity contribution >= 4 is 35.1 Å². The minimum Gasteiger partial charge on any atom is -0.337 e. The summed E-state index contributed by atoms with van der Waals surface area (Å²) in [6.45, 7) is 1.67. The Hall–Kier alpha value is -1.80. The molecule has 0 bridgehead atoms. The summed E-state index contributed by atoms with van der Waals surface area (Å²) in [4.78, 5) is 15.9. The first kappa shape index (κ1) is 16.6. The zero-order valence-corrected chi connectivity index (χ0v) is 13.5. The van der Waals surface area contributed by atoms with Crippen molar-refractivity contribution in [3.63, 3.8) is 0 Å². The number of amides is 2. The van der Waals surface area contributed by atoms with Crippen LogP contribution in [0.25, 0.3) is 0 Å². The molecule has 0 fully saturated rings. The molecule has 0 aliphatic carbocycles. The van der Waals surface area contributed by atoms with E-state index in [4.69, 9.17) is 16.1 Å². The fraction of sp³-hybridized carbons (Fsp3) is 0.308. The standard InChI is InChI=1S/C13H14ClFN4O2S/c1-7-3-10(8(14)4-9(7)15)17-13(20)16-5-12-18-11(6-22-2)19-21-12/h3-4H,5-6H2,1-2H3,(H2,16,17,20). The number of benzene rings is 1. The molecular weight excluding hydrogens is 331 g/mol. The number of hydrogen-bond donors (Lipinski definition) is 2. The van der Waals surface area contributed by atoms with E-state index in [0.717, 1.165) is 6.07 Å². The number of urea groups is 1. The van der Waals surface area contributed by atoms with Gasteiger partial charge in [-0.15, -0.1) is 0 Å². The summed E-state index contributed by atoms with van der Waals surface area (Å²) >= 11 is 7.44. The van der Waals surface area contributed by atoms with Crippen LogP contribution in [0.1, 0.15) is 17.3 Å². The molecule has 1 heterocycles. The van der Waals surface area contributed by atoms with Crippen LogP contribution >= 0.6 is 23.4 Å². The minimum absolute atomic E-state index is 0.0883. The largest absolute Gasteiger partial charge is 0.337 e. The van der Waals surface area contributed by atoms with Crippen LogP contribution in [-0.2, 0) is 12.3 Å². The van der Waals surface area contributed by atoms with Crippen LogP contribution < -0.4 is 10.6 Å². The van der Waals surface area contributed by atoms with Crippen LogP contribution in [0.5, 0.6) is 0 Å². The van der Waals surface area contributed by atoms with Gasteiger partial charge in [0.2, 0.25) is 5.89 Å². The van der Waals surface area contributed by atoms with Crippen molar-refractivity contribution in [2.75, 3.05) is 11.6 Å². The van der Waals surface area contributed by atoms with Crippen LogP contribution in [-0.4, -0.2) is 22.4 Å². The van der Waals surface area contributed by atoms with Gasteiger partial charge in [0.25, 0.3) is 0 Å². The summed E-state index contributed by atoms with van der Waals surface area (Å²) in [6, 6.07) is 2.11. The molecule has 2 rings (SSSR count). The molecule has 22 heavy (non-hydrogen) atoms. The Labute approximate surface area is 135 Å². The highest BCUT2D eigenvalue weighted by molar-refractivity contribution is 7.97. The van der Waals surface area contributed by atoms with Gasteiger partial charge >= 0.3 is 6.03 Å². The average Bonchev–Trinajstić information content (AvgIpc) is 2.91. The number of nitrogens with one attached hydrogen (secondary N) is 2. The topological polar surface area (TPSA) is 80.0 Å². The summed E-state index contributed by atoms with van der Waals surface area (Å²) in [5.74, 6) is 1.09. The number of rotatable bonds is 5. The highest BCUT2D eigenvalue weighted by Crippen LogP contribution is 2.25. The Morgan fingerprint density at radius 2 is 2.27 bits per heavy atom. The third-order valence-corrected chi connectivity index (χ3v) is 3.54. The number of nitrogens with zero attached hydrogens (tertiary/aromatic N) is 2. The molecule has 0 aliphatic heterocycles. The number of thioether (sulfide) groups is 1. The summed E-state index contributed by atoms with van der Waals surface area (Å²) in [7, 11) is 0. The molecule has 0 unspecified atom stereocenters. The zero-order valence-electron chi connectivity index (χ0n) is 11.9. The first-order chi connectivity index (χ1) is 10.5. The van der Waals surface area contributed by atoms with Crippen molar-refractivity contribution in [1.82, 2.24) is 15.5 Å². The van der Waals surface area contributed by atoms with E-state index in [9.17, 15) is 9.18 Å². The molecule has 0 aliphatic rings. The third-order valence-electron chi connectivity index (χ3n) is 2.68. The summed E-state index contributed by atoms with van der Waals surface area (Å²) < 4.78 is 18.3. The molecule has 1 aromatic heterocycles. The van der Waals surface area contributed by atoms with Gasteiger partial charge in [0, 0.05) is 0 Å². The lowest BCUT2D eigenvalue weighted by Gasteiger charge is -2.09. The summed E-state index contributed by atoms with van der Waals surface area (Å²) in [5, 5.41) is 8.98. The van der Waals surface area contributed by atoms with Crippen LogP contribution in [0, 0.1) is 12.7 Å². The molecule has 2 amide bonds. The molecule has 6 nitrogen and oxygen atoms in total. The van der Waals surface area contributed by atoms with Crippen molar-refractivity contribution in [3.8, 4) is 0 Å². The number of carbonyl (C=O) groups is 1. The fourth-order valence-electron chi connectivity index (χ4n) is 1.63. The van der Waals surface area contributed by atoms with E-state index in [2.05, 4.69) is 20.8 Å². The van der Waals surface area contributed by atoms with E-state index in [-0.39, 0.29) is 11.6 Å². The van der Waals surface area contributed by atoms with Gasteiger partial charge in [-0.1, -0.05) is 16.8 Å². The first-order valence-electron chi connectivity index (χ1n) is 6.30. The smallest absolute Gasteiger partial charge is 0.319 e. The van der Waals surface area contributed by atoms with Gasteiger partial charge in [-0.05, 0) is 30.9 Å². The highest BCUT2D eigenvalue weighted by Gasteiger charge is 2.11. The van der Waals surface area contributed by atoms with E-state index < -0.39 is 11.8 Å². The van der Waals surface area contributed by atoms with E-state index >= 15 is 0 Å². The van der Waals surface area contributed by atoms with Crippen molar-refractivity contribution < 1.29 is 13.7 Å². The Kier molecular flexibility index (Phi) is 5.62. The predicted octanol–water partition coefficient (Wildman–Crippen LogP) is 3.36. The van der Waals surface area contributed by atoms with Gasteiger partial charge in [0.1, 0.15) is 5.82 Å². The van der Waals surface area contributed by atoms with Gasteiger partial charge in [0.15, 0.2) is 5.82 Å². The Bertz CT molecular complexity index is 680. The molecule has 0 saturated heterocycles. The molecule has 0 spiro atoms. The highest BCUT2D eigenvalue weighted by atomic mass is 35.5. The van der Waals surface area contributed by atoms with E-state index in [1.165, 1.54) is 6.07 Å². The Morgan fingerprint density at radius 3 is 3.00 bits per heavy atom. The van der Waals surface area contributed by atoms with Crippen LogP contribution in [0.3, 0.4) is 0 Å². The van der Waals surface area contributed by atoms with Gasteiger partial charge in [-0.3, -0.25) is 0 Å². The third kappa shape index (κ3) is 4.35. The predicted molar refractivity (Wildman–Crippen MR) is 83.5 cm³/mol. The number of halogens is 2. The Balaban J connectivity index is 1.91. The number of hydrogen-bond acceptors (Lipinski definition) is 5. The van der Waals surface area contributed by atoms with Crippen LogP contribution in [0.4, 0.5) is 14.9 Å². The lowest BCUT2D eigenvalue weighted by Crippen LogP contribution is -2.28. The molecule has 2 N–H and O–H groups in total. The molecule has 0 saturated carbocycles. The van der Waals surface area contributed by atoms with Gasteiger partial charge in [-0.2, -0.15) is 16.7 Å². The number of anilines is 1. The monoisotopic (exact) mass is 344 g/mol. The van der Waals surface area contributed by atoms with E-state index in [1.807, 2.05) is 6.26 Å². The maximum Gasteiger partial charge on any atom is 0.319 e. The molecule has 118 valence electrons. The molecule has 1 aromatic carbocycles. The lowest BCUT2D eigenvalue weighted by atomic mass is 10.2. The van der Waals surface area contributed by atoms with Crippen molar-refractivity contribution in [2.24, 2.45) is 0 Å². The number of aromatic nitrogens is 2. The van der Waals surface area contributed by atoms with E-state index in [1.54, 1.807) is 18.7 Å². The number of aryl methyl sites for hydroxylation is 1. The van der Waals surface area contributed by atoms with Crippen LogP contribution in [0.15, 0.2) is 16.7 Å². The van der Waals surface area contributed by atoms with Crippen LogP contribution in [0.2, 0.25) is 5.02 Å². The normalized spacial score (nSPS) is 10.5. The summed E-state index contributed by atoms with van der Waals surface area (Å²) in [5.41, 5.74) is 0.713. The van der Waals surface area contributed by atoms with Gasteiger partial charge < -0.3 is 15.2 Å². The second kappa shape index (κ2) is 7.46. The molecule has 0 atom stereocenters. The second-order valence-electron chi connectivity index (χ2n) is 4.43. The minimum atomic E-state index is -0.502.